The molecule has 42 heavy (non-hydrogen) atoms. The molecule has 0 spiro atoms. The lowest BCUT2D eigenvalue weighted by molar-refractivity contribution is -0.182. The van der Waals surface area contributed by atoms with E-state index in [-0.39, 0.29) is 24.0 Å². The van der Waals surface area contributed by atoms with E-state index in [0.29, 0.717) is 50.5 Å². The molecule has 1 atom stereocenters. The third-order valence-electron chi connectivity index (χ3n) is 7.36. The molecule has 2 heterocycles. The minimum atomic E-state index is -4.46. The van der Waals surface area contributed by atoms with E-state index in [4.69, 9.17) is 11.6 Å². The first kappa shape index (κ1) is 29.2. The zero-order valence-electron chi connectivity index (χ0n) is 23.4. The first-order valence-corrected chi connectivity index (χ1v) is 13.7. The van der Waals surface area contributed by atoms with E-state index in [1.807, 2.05) is 6.92 Å². The molecule has 2 aromatic heterocycles. The number of anilines is 2. The van der Waals surface area contributed by atoms with Crippen LogP contribution in [0.25, 0.3) is 10.9 Å². The van der Waals surface area contributed by atoms with Gasteiger partial charge in [0.15, 0.2) is 5.54 Å². The molecule has 0 unspecified atom stereocenters. The molecule has 12 heteroatoms. The Labute approximate surface area is 246 Å². The number of alkyl halides is 3. The number of nitrogens with one attached hydrogen (secondary N) is 2. The molecule has 4 aromatic rings. The molecule has 5 rings (SSSR count). The van der Waals surface area contributed by atoms with Gasteiger partial charge in [0.05, 0.1) is 45.7 Å². The van der Waals surface area contributed by atoms with Gasteiger partial charge in [-0.05, 0) is 60.6 Å². The second kappa shape index (κ2) is 10.5. The Kier molecular flexibility index (Phi) is 7.28. The summed E-state index contributed by atoms with van der Waals surface area (Å²) >= 11 is 6.68. The van der Waals surface area contributed by atoms with Crippen molar-refractivity contribution >= 4 is 33.9 Å². The standard InChI is InChI=1S/C30H28ClF3N8/c1-17-9-18(12-35)5-6-21(17)27(24-15-42(41-40-24)29(7-8-29)30(32,33)34)39-20-10-22-25(38-16-28(2,3)4)19(13-36)14-37-26(22)23(31)11-20/h5-6,9-11,14-15,27,39H,7-8,16H2,1-4H3,(H,37,38)/t27-/m0/s1. The predicted octanol–water partition coefficient (Wildman–Crippen LogP) is 7.24. The van der Waals surface area contributed by atoms with Gasteiger partial charge < -0.3 is 10.6 Å². The molecule has 2 N–H and O–H groups in total. The lowest BCUT2D eigenvalue weighted by atomic mass is 9.96. The fourth-order valence-electron chi connectivity index (χ4n) is 4.90. The first-order valence-electron chi connectivity index (χ1n) is 13.3. The molecule has 0 aliphatic heterocycles. The van der Waals surface area contributed by atoms with E-state index in [2.05, 4.69) is 58.8 Å². The molecule has 1 fully saturated rings. The number of fused-ring (bicyclic) bond motifs is 1. The van der Waals surface area contributed by atoms with Crippen molar-refractivity contribution in [2.45, 2.75) is 58.3 Å². The summed E-state index contributed by atoms with van der Waals surface area (Å²) in [5.41, 5.74) is 1.98. The number of hydrogen-bond donors (Lipinski definition) is 2. The predicted molar refractivity (Wildman–Crippen MR) is 154 cm³/mol. The summed E-state index contributed by atoms with van der Waals surface area (Å²) in [6.07, 6.45) is -1.79. The lowest BCUT2D eigenvalue weighted by Crippen LogP contribution is -2.35. The molecule has 0 radical (unpaired) electrons. The van der Waals surface area contributed by atoms with Crippen LogP contribution in [0.2, 0.25) is 5.02 Å². The Morgan fingerprint density at radius 2 is 1.86 bits per heavy atom. The first-order chi connectivity index (χ1) is 19.8. The maximum absolute atomic E-state index is 13.9. The summed E-state index contributed by atoms with van der Waals surface area (Å²) in [7, 11) is 0. The summed E-state index contributed by atoms with van der Waals surface area (Å²) in [4.78, 5) is 4.40. The van der Waals surface area contributed by atoms with Gasteiger partial charge in [-0.25, -0.2) is 4.68 Å². The Balaban J connectivity index is 1.62. The molecule has 0 amide bonds. The number of hydrogen-bond acceptors (Lipinski definition) is 7. The van der Waals surface area contributed by atoms with E-state index >= 15 is 0 Å². The van der Waals surface area contributed by atoms with Crippen molar-refractivity contribution in [1.29, 1.82) is 10.5 Å². The molecule has 8 nitrogen and oxygen atoms in total. The van der Waals surface area contributed by atoms with Gasteiger partial charge in [-0.1, -0.05) is 43.7 Å². The third-order valence-corrected chi connectivity index (χ3v) is 7.65. The van der Waals surface area contributed by atoms with Crippen LogP contribution in [-0.2, 0) is 5.54 Å². The van der Waals surface area contributed by atoms with Crippen molar-refractivity contribution in [3.05, 3.63) is 75.7 Å². The average Bonchev–Trinajstić information content (AvgIpc) is 3.61. The highest BCUT2D eigenvalue weighted by Gasteiger charge is 2.66. The molecular formula is C30H28ClF3N8. The van der Waals surface area contributed by atoms with Crippen LogP contribution in [0.5, 0.6) is 0 Å². The number of pyridine rings is 1. The van der Waals surface area contributed by atoms with Crippen molar-refractivity contribution in [2.75, 3.05) is 17.2 Å². The van der Waals surface area contributed by atoms with Crippen LogP contribution >= 0.6 is 11.6 Å². The average molecular weight is 593 g/mol. The smallest absolute Gasteiger partial charge is 0.383 e. The zero-order valence-corrected chi connectivity index (χ0v) is 24.2. The molecular weight excluding hydrogens is 565 g/mol. The topological polar surface area (TPSA) is 115 Å². The number of nitrogens with zero attached hydrogens (tertiary/aromatic N) is 6. The molecule has 1 aliphatic carbocycles. The lowest BCUT2D eigenvalue weighted by Gasteiger charge is -2.23. The van der Waals surface area contributed by atoms with Crippen LogP contribution in [-0.4, -0.2) is 32.7 Å². The van der Waals surface area contributed by atoms with Crippen LogP contribution in [0, 0.1) is 35.0 Å². The largest absolute Gasteiger partial charge is 0.413 e. The second-order valence-corrected chi connectivity index (χ2v) is 12.2. The number of aromatic nitrogens is 4. The van der Waals surface area contributed by atoms with Crippen molar-refractivity contribution in [3.8, 4) is 12.1 Å². The molecule has 0 saturated heterocycles. The molecule has 0 bridgehead atoms. The van der Waals surface area contributed by atoms with E-state index in [1.165, 1.54) is 12.4 Å². The van der Waals surface area contributed by atoms with Gasteiger partial charge in [0.2, 0.25) is 0 Å². The number of benzene rings is 2. The van der Waals surface area contributed by atoms with Gasteiger partial charge >= 0.3 is 6.18 Å². The van der Waals surface area contributed by atoms with E-state index in [1.54, 1.807) is 30.3 Å². The maximum Gasteiger partial charge on any atom is 0.413 e. The maximum atomic E-state index is 13.9. The van der Waals surface area contributed by atoms with Crippen molar-refractivity contribution in [3.63, 3.8) is 0 Å². The number of halogens is 4. The van der Waals surface area contributed by atoms with E-state index in [0.717, 1.165) is 10.2 Å². The molecule has 1 aliphatic rings. The quantitative estimate of drug-likeness (QED) is 0.232. The Morgan fingerprint density at radius 1 is 1.12 bits per heavy atom. The highest BCUT2D eigenvalue weighted by atomic mass is 35.5. The summed E-state index contributed by atoms with van der Waals surface area (Å²) in [5.74, 6) is 0. The van der Waals surface area contributed by atoms with Crippen LogP contribution in [0.1, 0.15) is 67.6 Å². The van der Waals surface area contributed by atoms with Crippen molar-refractivity contribution in [2.24, 2.45) is 5.41 Å². The summed E-state index contributed by atoms with van der Waals surface area (Å²) in [6, 6.07) is 12.1. The number of rotatable bonds is 7. The SMILES string of the molecule is Cc1cc(C#N)ccc1[C@H](Nc1cc(Cl)c2ncc(C#N)c(NCC(C)(C)C)c2c1)c1cn(C2(C(F)(F)F)CC2)nn1. The van der Waals surface area contributed by atoms with Gasteiger partial charge in [0.25, 0.3) is 0 Å². The number of nitriles is 2. The van der Waals surface area contributed by atoms with Crippen LogP contribution in [0.15, 0.2) is 42.7 Å². The van der Waals surface area contributed by atoms with Crippen molar-refractivity contribution < 1.29 is 13.2 Å². The Morgan fingerprint density at radius 3 is 2.45 bits per heavy atom. The fraction of sp³-hybridized carbons (Fsp3) is 0.367. The van der Waals surface area contributed by atoms with Crippen molar-refractivity contribution in [1.82, 2.24) is 20.0 Å². The Hall–Kier alpha value is -4.35. The summed E-state index contributed by atoms with van der Waals surface area (Å²) < 4.78 is 42.5. The summed E-state index contributed by atoms with van der Waals surface area (Å²) in [5, 5.41) is 34.9. The number of aryl methyl sites for hydroxylation is 1. The van der Waals surface area contributed by atoms with Crippen LogP contribution in [0.3, 0.4) is 0 Å². The molecule has 216 valence electrons. The normalized spacial score (nSPS) is 15.1. The summed E-state index contributed by atoms with van der Waals surface area (Å²) in [6.45, 7) is 8.60. The monoisotopic (exact) mass is 592 g/mol. The minimum absolute atomic E-state index is 0.0634. The zero-order chi connectivity index (χ0) is 30.4. The highest BCUT2D eigenvalue weighted by Crippen LogP contribution is 2.55. The fourth-order valence-corrected chi connectivity index (χ4v) is 5.17. The van der Waals surface area contributed by atoms with Gasteiger partial charge in [-0.15, -0.1) is 5.10 Å². The van der Waals surface area contributed by atoms with Gasteiger partial charge in [-0.3, -0.25) is 4.98 Å². The minimum Gasteiger partial charge on any atom is -0.383 e. The molecule has 2 aromatic carbocycles. The van der Waals surface area contributed by atoms with Crippen LogP contribution < -0.4 is 10.6 Å². The second-order valence-electron chi connectivity index (χ2n) is 11.8. The van der Waals surface area contributed by atoms with Crippen LogP contribution in [0.4, 0.5) is 24.5 Å². The highest BCUT2D eigenvalue weighted by molar-refractivity contribution is 6.35. The van der Waals surface area contributed by atoms with Gasteiger partial charge in [-0.2, -0.15) is 23.7 Å². The third kappa shape index (κ3) is 5.45. The van der Waals surface area contributed by atoms with E-state index < -0.39 is 17.8 Å². The molecule has 1 saturated carbocycles. The van der Waals surface area contributed by atoms with Gasteiger partial charge in [0.1, 0.15) is 11.8 Å². The van der Waals surface area contributed by atoms with E-state index in [9.17, 15) is 23.7 Å². The van der Waals surface area contributed by atoms with Gasteiger partial charge in [0, 0.05) is 23.8 Å². The Bertz CT molecular complexity index is 1750.